The zero-order valence-electron chi connectivity index (χ0n) is 15.2. The highest BCUT2D eigenvalue weighted by Gasteiger charge is 2.34. The molecule has 0 bridgehead atoms. The largest absolute Gasteiger partial charge is 0.416 e. The van der Waals surface area contributed by atoms with Crippen molar-refractivity contribution >= 4 is 5.91 Å². The van der Waals surface area contributed by atoms with E-state index in [0.29, 0.717) is 23.6 Å². The van der Waals surface area contributed by atoms with Crippen molar-refractivity contribution in [1.82, 2.24) is 10.2 Å². The molecule has 2 atom stereocenters. The molecular formula is C20H27F3N2O. The number of carbonyl (C=O) groups is 1. The van der Waals surface area contributed by atoms with Crippen LogP contribution >= 0.6 is 0 Å². The van der Waals surface area contributed by atoms with Crippen LogP contribution in [0.5, 0.6) is 0 Å². The Hall–Kier alpha value is -1.56. The number of halogens is 3. The zero-order chi connectivity index (χ0) is 18.7. The van der Waals surface area contributed by atoms with Crippen molar-refractivity contribution in [2.45, 2.75) is 70.1 Å². The van der Waals surface area contributed by atoms with E-state index >= 15 is 0 Å². The molecule has 6 heteroatoms. The lowest BCUT2D eigenvalue weighted by Crippen LogP contribution is -2.52. The van der Waals surface area contributed by atoms with Crippen molar-refractivity contribution in [3.63, 3.8) is 0 Å². The fraction of sp³-hybridized carbons (Fsp3) is 0.650. The van der Waals surface area contributed by atoms with Gasteiger partial charge in [-0.1, -0.05) is 19.8 Å². The third kappa shape index (κ3) is 4.22. The first-order valence-corrected chi connectivity index (χ1v) is 9.65. The summed E-state index contributed by atoms with van der Waals surface area (Å²) >= 11 is 0. The minimum absolute atomic E-state index is 0.0846. The highest BCUT2D eigenvalue weighted by Crippen LogP contribution is 2.31. The molecule has 1 aromatic carbocycles. The van der Waals surface area contributed by atoms with Gasteiger partial charge in [-0.15, -0.1) is 0 Å². The topological polar surface area (TPSA) is 32.3 Å². The first-order valence-electron chi connectivity index (χ1n) is 9.65. The molecule has 3 nitrogen and oxygen atoms in total. The van der Waals surface area contributed by atoms with Gasteiger partial charge >= 0.3 is 6.18 Å². The SMILES string of the molecule is CCc1cc(C(F)(F)F)ccc1C(=O)NC1CCCCC1N1CCCC1. The van der Waals surface area contributed by atoms with Gasteiger partial charge in [0.2, 0.25) is 0 Å². The Morgan fingerprint density at radius 1 is 1.15 bits per heavy atom. The highest BCUT2D eigenvalue weighted by atomic mass is 19.4. The molecule has 0 aromatic heterocycles. The van der Waals surface area contributed by atoms with E-state index in [4.69, 9.17) is 0 Å². The second-order valence-corrected chi connectivity index (χ2v) is 7.40. The van der Waals surface area contributed by atoms with Gasteiger partial charge in [0.15, 0.2) is 0 Å². The molecule has 26 heavy (non-hydrogen) atoms. The summed E-state index contributed by atoms with van der Waals surface area (Å²) in [6.07, 6.45) is 2.70. The van der Waals surface area contributed by atoms with Gasteiger partial charge in [0.05, 0.1) is 5.56 Å². The maximum absolute atomic E-state index is 12.9. The average Bonchev–Trinajstić information content (AvgIpc) is 3.15. The van der Waals surface area contributed by atoms with Crippen LogP contribution in [0, 0.1) is 0 Å². The molecule has 1 aromatic rings. The monoisotopic (exact) mass is 368 g/mol. The lowest BCUT2D eigenvalue weighted by atomic mass is 9.88. The smallest absolute Gasteiger partial charge is 0.348 e. The summed E-state index contributed by atoms with van der Waals surface area (Å²) in [5.74, 6) is -0.244. The van der Waals surface area contributed by atoms with Crippen LogP contribution in [0.25, 0.3) is 0 Å². The van der Waals surface area contributed by atoms with Crippen LogP contribution in [0.4, 0.5) is 13.2 Å². The van der Waals surface area contributed by atoms with E-state index in [1.807, 2.05) is 0 Å². The summed E-state index contributed by atoms with van der Waals surface area (Å²) in [5.41, 5.74) is 0.121. The number of rotatable bonds is 4. The third-order valence-corrected chi connectivity index (χ3v) is 5.71. The molecule has 1 saturated heterocycles. The number of carbonyl (C=O) groups excluding carboxylic acids is 1. The van der Waals surface area contributed by atoms with Crippen LogP contribution in [0.1, 0.15) is 66.9 Å². The van der Waals surface area contributed by atoms with Crippen molar-refractivity contribution in [3.8, 4) is 0 Å². The highest BCUT2D eigenvalue weighted by molar-refractivity contribution is 5.96. The minimum atomic E-state index is -4.39. The third-order valence-electron chi connectivity index (χ3n) is 5.71. The first kappa shape index (κ1) is 19.2. The second-order valence-electron chi connectivity index (χ2n) is 7.40. The summed E-state index contributed by atoms with van der Waals surface area (Å²) in [5, 5.41) is 3.13. The molecule has 2 fully saturated rings. The molecule has 1 N–H and O–H groups in total. The zero-order valence-corrected chi connectivity index (χ0v) is 15.2. The molecular weight excluding hydrogens is 341 g/mol. The maximum Gasteiger partial charge on any atom is 0.416 e. The fourth-order valence-corrected chi connectivity index (χ4v) is 4.32. The molecule has 0 spiro atoms. The lowest BCUT2D eigenvalue weighted by Gasteiger charge is -2.38. The van der Waals surface area contributed by atoms with Crippen LogP contribution in [0.15, 0.2) is 18.2 Å². The summed E-state index contributed by atoms with van der Waals surface area (Å²) in [7, 11) is 0. The average molecular weight is 368 g/mol. The van der Waals surface area contributed by atoms with Gasteiger partial charge in [-0.2, -0.15) is 13.2 Å². The van der Waals surface area contributed by atoms with Crippen molar-refractivity contribution in [3.05, 3.63) is 34.9 Å². The Kier molecular flexibility index (Phi) is 5.90. The van der Waals surface area contributed by atoms with E-state index < -0.39 is 11.7 Å². The van der Waals surface area contributed by atoms with Gasteiger partial charge in [-0.3, -0.25) is 9.69 Å². The molecule has 0 radical (unpaired) electrons. The summed E-state index contributed by atoms with van der Waals surface area (Å²) < 4.78 is 38.8. The fourth-order valence-electron chi connectivity index (χ4n) is 4.32. The van der Waals surface area contributed by atoms with Gasteiger partial charge in [-0.25, -0.2) is 0 Å². The molecule has 1 saturated carbocycles. The van der Waals surface area contributed by atoms with Crippen molar-refractivity contribution < 1.29 is 18.0 Å². The minimum Gasteiger partial charge on any atom is -0.348 e. The molecule has 2 unspecified atom stereocenters. The Bertz CT molecular complexity index is 638. The van der Waals surface area contributed by atoms with Crippen LogP contribution in [0.3, 0.4) is 0 Å². The van der Waals surface area contributed by atoms with E-state index in [0.717, 1.165) is 44.5 Å². The molecule has 3 rings (SSSR count). The Morgan fingerprint density at radius 2 is 1.85 bits per heavy atom. The molecule has 1 aliphatic heterocycles. The molecule has 1 amide bonds. The van der Waals surface area contributed by atoms with E-state index in [1.54, 1.807) is 6.92 Å². The maximum atomic E-state index is 12.9. The van der Waals surface area contributed by atoms with Crippen LogP contribution < -0.4 is 5.32 Å². The van der Waals surface area contributed by atoms with Gasteiger partial charge in [-0.05, 0) is 69.0 Å². The standard InChI is InChI=1S/C20H27F3N2O/c1-2-14-13-15(20(21,22)23)9-10-16(14)19(26)24-17-7-3-4-8-18(17)25-11-5-6-12-25/h9-10,13,17-18H,2-8,11-12H2,1H3,(H,24,26). The number of amides is 1. The predicted molar refractivity (Wildman–Crippen MR) is 95.1 cm³/mol. The summed E-state index contributed by atoms with van der Waals surface area (Å²) in [6.45, 7) is 3.94. The lowest BCUT2D eigenvalue weighted by molar-refractivity contribution is -0.137. The van der Waals surface area contributed by atoms with Crippen LogP contribution in [0.2, 0.25) is 0 Å². The number of benzene rings is 1. The number of aryl methyl sites for hydroxylation is 1. The first-order chi connectivity index (χ1) is 12.4. The predicted octanol–water partition coefficient (Wildman–Crippen LogP) is 4.40. The van der Waals surface area contributed by atoms with E-state index in [1.165, 1.54) is 25.3 Å². The quantitative estimate of drug-likeness (QED) is 0.854. The Labute approximate surface area is 152 Å². The second kappa shape index (κ2) is 7.99. The van der Waals surface area contributed by atoms with E-state index in [-0.39, 0.29) is 11.9 Å². The van der Waals surface area contributed by atoms with Crippen molar-refractivity contribution in [1.29, 1.82) is 0 Å². The van der Waals surface area contributed by atoms with Gasteiger partial charge in [0.1, 0.15) is 0 Å². The number of likely N-dealkylation sites (tertiary alicyclic amines) is 1. The molecule has 2 aliphatic rings. The Morgan fingerprint density at radius 3 is 2.50 bits per heavy atom. The number of nitrogens with zero attached hydrogens (tertiary/aromatic N) is 1. The van der Waals surface area contributed by atoms with Crippen molar-refractivity contribution in [2.24, 2.45) is 0 Å². The normalized spacial score (nSPS) is 24.6. The van der Waals surface area contributed by atoms with Gasteiger partial charge in [0.25, 0.3) is 5.91 Å². The van der Waals surface area contributed by atoms with Gasteiger partial charge < -0.3 is 5.32 Å². The van der Waals surface area contributed by atoms with Crippen LogP contribution in [-0.2, 0) is 12.6 Å². The summed E-state index contributed by atoms with van der Waals surface area (Å²) in [6, 6.07) is 3.88. The molecule has 1 heterocycles. The number of hydrogen-bond donors (Lipinski definition) is 1. The van der Waals surface area contributed by atoms with Crippen molar-refractivity contribution in [2.75, 3.05) is 13.1 Å². The van der Waals surface area contributed by atoms with E-state index in [2.05, 4.69) is 10.2 Å². The number of alkyl halides is 3. The van der Waals surface area contributed by atoms with Gasteiger partial charge in [0, 0.05) is 17.6 Å². The molecule has 144 valence electrons. The Balaban J connectivity index is 1.76. The van der Waals surface area contributed by atoms with E-state index in [9.17, 15) is 18.0 Å². The summed E-state index contributed by atoms with van der Waals surface area (Å²) in [4.78, 5) is 15.3. The molecule has 1 aliphatic carbocycles. The number of nitrogens with one attached hydrogen (secondary N) is 1. The number of hydrogen-bond acceptors (Lipinski definition) is 2. The van der Waals surface area contributed by atoms with Crippen LogP contribution in [-0.4, -0.2) is 36.0 Å².